The molecule has 22 heavy (non-hydrogen) atoms. The van der Waals surface area contributed by atoms with E-state index < -0.39 is 0 Å². The number of carbonyl (C=O) groups is 1. The van der Waals surface area contributed by atoms with Gasteiger partial charge in [-0.1, -0.05) is 30.3 Å². The highest BCUT2D eigenvalue weighted by molar-refractivity contribution is 5.76. The normalized spacial score (nSPS) is 26.3. The Morgan fingerprint density at radius 1 is 1.23 bits per heavy atom. The molecule has 2 fully saturated rings. The summed E-state index contributed by atoms with van der Waals surface area (Å²) < 4.78 is 5.80. The van der Waals surface area contributed by atoms with Crippen LogP contribution in [-0.2, 0) is 16.0 Å². The maximum atomic E-state index is 12.6. The highest BCUT2D eigenvalue weighted by Crippen LogP contribution is 2.32. The van der Waals surface area contributed by atoms with Gasteiger partial charge in [0.25, 0.3) is 0 Å². The second kappa shape index (κ2) is 6.80. The van der Waals surface area contributed by atoms with E-state index in [1.165, 1.54) is 5.56 Å². The van der Waals surface area contributed by atoms with Gasteiger partial charge in [0.2, 0.25) is 5.91 Å². The van der Waals surface area contributed by atoms with E-state index in [2.05, 4.69) is 24.1 Å². The Morgan fingerprint density at radius 2 is 2.05 bits per heavy atom. The Labute approximate surface area is 133 Å². The second-order valence-electron chi connectivity index (χ2n) is 6.84. The molecule has 0 aliphatic carbocycles. The van der Waals surface area contributed by atoms with Gasteiger partial charge in [-0.2, -0.15) is 0 Å². The fourth-order valence-electron chi connectivity index (χ4n) is 3.67. The first-order valence-corrected chi connectivity index (χ1v) is 8.25. The number of hydrogen-bond acceptors (Lipinski definition) is 3. The Bertz CT molecular complexity index is 505. The molecule has 0 bridgehead atoms. The van der Waals surface area contributed by atoms with Crippen LogP contribution in [-0.4, -0.2) is 62.1 Å². The van der Waals surface area contributed by atoms with Crippen molar-refractivity contribution in [3.05, 3.63) is 35.9 Å². The number of amides is 1. The molecule has 1 atom stereocenters. The molecule has 1 spiro atoms. The van der Waals surface area contributed by atoms with Gasteiger partial charge in [0, 0.05) is 31.5 Å². The van der Waals surface area contributed by atoms with Crippen molar-refractivity contribution in [2.75, 3.05) is 46.4 Å². The Morgan fingerprint density at radius 3 is 2.77 bits per heavy atom. The van der Waals surface area contributed by atoms with Gasteiger partial charge in [-0.25, -0.2) is 0 Å². The lowest BCUT2D eigenvalue weighted by Gasteiger charge is -2.31. The third kappa shape index (κ3) is 3.68. The maximum Gasteiger partial charge on any atom is 0.223 e. The first kappa shape index (κ1) is 15.5. The smallest absolute Gasteiger partial charge is 0.223 e. The molecule has 0 saturated carbocycles. The first-order chi connectivity index (χ1) is 10.7. The van der Waals surface area contributed by atoms with Gasteiger partial charge in [0.1, 0.15) is 0 Å². The minimum atomic E-state index is 0.146. The summed E-state index contributed by atoms with van der Waals surface area (Å²) in [7, 11) is 2.15. The fourth-order valence-corrected chi connectivity index (χ4v) is 3.67. The summed E-state index contributed by atoms with van der Waals surface area (Å²) >= 11 is 0. The molecule has 4 nitrogen and oxygen atoms in total. The molecule has 0 radical (unpaired) electrons. The topological polar surface area (TPSA) is 32.8 Å². The molecule has 1 amide bonds. The molecular formula is C18H26N2O2. The number of likely N-dealkylation sites (tertiary alicyclic amines) is 1. The summed E-state index contributed by atoms with van der Waals surface area (Å²) in [5.74, 6) is 0.267. The average molecular weight is 302 g/mol. The summed E-state index contributed by atoms with van der Waals surface area (Å²) in [6, 6.07) is 10.3. The van der Waals surface area contributed by atoms with E-state index in [1.54, 1.807) is 0 Å². The van der Waals surface area contributed by atoms with Crippen molar-refractivity contribution in [2.24, 2.45) is 5.41 Å². The standard InChI is InChI=1S/C18H26N2O2/c1-19-10-9-18(13-19)14-20(11-12-22-15-18)17(21)8-7-16-5-3-2-4-6-16/h2-6H,7-15H2,1H3/t18-/m1/s1. The van der Waals surface area contributed by atoms with Crippen LogP contribution in [0.4, 0.5) is 0 Å². The van der Waals surface area contributed by atoms with Crippen molar-refractivity contribution in [3.8, 4) is 0 Å². The summed E-state index contributed by atoms with van der Waals surface area (Å²) in [6.07, 6.45) is 2.55. The molecule has 0 aromatic heterocycles. The maximum absolute atomic E-state index is 12.6. The van der Waals surface area contributed by atoms with Crippen LogP contribution >= 0.6 is 0 Å². The van der Waals surface area contributed by atoms with Crippen LogP contribution in [0.25, 0.3) is 0 Å². The summed E-state index contributed by atoms with van der Waals surface area (Å²) in [6.45, 7) is 5.19. The van der Waals surface area contributed by atoms with Gasteiger partial charge >= 0.3 is 0 Å². The van der Waals surface area contributed by atoms with Crippen LogP contribution in [0.1, 0.15) is 18.4 Å². The molecule has 120 valence electrons. The SMILES string of the molecule is CN1CC[C@@]2(COCCN(C(=O)CCc3ccccc3)C2)C1. The van der Waals surface area contributed by atoms with Crippen LogP contribution < -0.4 is 0 Å². The Hall–Kier alpha value is -1.39. The zero-order chi connectivity index (χ0) is 15.4. The van der Waals surface area contributed by atoms with E-state index in [1.807, 2.05) is 23.1 Å². The quantitative estimate of drug-likeness (QED) is 0.853. The van der Waals surface area contributed by atoms with E-state index in [0.29, 0.717) is 13.0 Å². The van der Waals surface area contributed by atoms with Gasteiger partial charge in [-0.3, -0.25) is 4.79 Å². The number of carbonyl (C=O) groups excluding carboxylic acids is 1. The molecule has 2 aliphatic heterocycles. The molecule has 2 aliphatic rings. The van der Waals surface area contributed by atoms with Crippen LogP contribution in [0.5, 0.6) is 0 Å². The lowest BCUT2D eigenvalue weighted by Crippen LogP contribution is -2.43. The summed E-state index contributed by atoms with van der Waals surface area (Å²) in [4.78, 5) is 17.0. The largest absolute Gasteiger partial charge is 0.379 e. The van der Waals surface area contributed by atoms with Gasteiger partial charge < -0.3 is 14.5 Å². The monoisotopic (exact) mass is 302 g/mol. The molecule has 4 heteroatoms. The van der Waals surface area contributed by atoms with E-state index in [9.17, 15) is 4.79 Å². The molecule has 0 unspecified atom stereocenters. The van der Waals surface area contributed by atoms with Gasteiger partial charge in [-0.05, 0) is 32.0 Å². The predicted octanol–water partition coefficient (Wildman–Crippen LogP) is 1.80. The van der Waals surface area contributed by atoms with Crippen molar-refractivity contribution < 1.29 is 9.53 Å². The summed E-state index contributed by atoms with van der Waals surface area (Å²) in [5.41, 5.74) is 1.38. The molecule has 0 N–H and O–H groups in total. The highest BCUT2D eigenvalue weighted by Gasteiger charge is 2.40. The predicted molar refractivity (Wildman–Crippen MR) is 86.7 cm³/mol. The van der Waals surface area contributed by atoms with Crippen LogP contribution in [0.3, 0.4) is 0 Å². The van der Waals surface area contributed by atoms with Gasteiger partial charge in [0.15, 0.2) is 0 Å². The Balaban J connectivity index is 1.59. The van der Waals surface area contributed by atoms with Crippen molar-refractivity contribution >= 4 is 5.91 Å². The number of nitrogens with zero attached hydrogens (tertiary/aromatic N) is 2. The number of benzene rings is 1. The lowest BCUT2D eigenvalue weighted by atomic mass is 9.87. The summed E-state index contributed by atoms with van der Waals surface area (Å²) in [5, 5.41) is 0. The van der Waals surface area contributed by atoms with Crippen molar-refractivity contribution in [2.45, 2.75) is 19.3 Å². The van der Waals surface area contributed by atoms with Crippen LogP contribution in [0.15, 0.2) is 30.3 Å². The first-order valence-electron chi connectivity index (χ1n) is 8.25. The van der Waals surface area contributed by atoms with Gasteiger partial charge in [-0.15, -0.1) is 0 Å². The van der Waals surface area contributed by atoms with Crippen molar-refractivity contribution in [3.63, 3.8) is 0 Å². The third-order valence-electron chi connectivity index (χ3n) is 4.89. The molecule has 1 aromatic carbocycles. The van der Waals surface area contributed by atoms with E-state index in [4.69, 9.17) is 4.74 Å². The van der Waals surface area contributed by atoms with Gasteiger partial charge in [0.05, 0.1) is 13.2 Å². The number of ether oxygens (including phenoxy) is 1. The molecule has 3 rings (SSSR count). The highest BCUT2D eigenvalue weighted by atomic mass is 16.5. The third-order valence-corrected chi connectivity index (χ3v) is 4.89. The average Bonchev–Trinajstić information content (AvgIpc) is 2.77. The van der Waals surface area contributed by atoms with Crippen LogP contribution in [0, 0.1) is 5.41 Å². The van der Waals surface area contributed by atoms with Crippen LogP contribution in [0.2, 0.25) is 0 Å². The lowest BCUT2D eigenvalue weighted by molar-refractivity contribution is -0.132. The number of rotatable bonds is 3. The van der Waals surface area contributed by atoms with Crippen molar-refractivity contribution in [1.82, 2.24) is 9.80 Å². The zero-order valence-electron chi connectivity index (χ0n) is 13.5. The fraction of sp³-hybridized carbons (Fsp3) is 0.611. The van der Waals surface area contributed by atoms with E-state index in [-0.39, 0.29) is 11.3 Å². The van der Waals surface area contributed by atoms with E-state index >= 15 is 0 Å². The molecule has 2 heterocycles. The Kier molecular flexibility index (Phi) is 4.79. The number of aryl methyl sites for hydroxylation is 1. The minimum Gasteiger partial charge on any atom is -0.379 e. The second-order valence-corrected chi connectivity index (χ2v) is 6.84. The molecule has 1 aromatic rings. The van der Waals surface area contributed by atoms with E-state index in [0.717, 1.165) is 45.6 Å². The minimum absolute atomic E-state index is 0.146. The molecule has 2 saturated heterocycles. The molecular weight excluding hydrogens is 276 g/mol. The van der Waals surface area contributed by atoms with Crippen molar-refractivity contribution in [1.29, 1.82) is 0 Å². The number of hydrogen-bond donors (Lipinski definition) is 0. The zero-order valence-corrected chi connectivity index (χ0v) is 13.5.